The molecule has 0 unspecified atom stereocenters. The first-order chi connectivity index (χ1) is 9.97. The number of sulfone groups is 1. The fourth-order valence-electron chi connectivity index (χ4n) is 1.55. The molecule has 5 nitrogen and oxygen atoms in total. The molecule has 0 saturated carbocycles. The minimum Gasteiger partial charge on any atom is -0.478 e. The van der Waals surface area contributed by atoms with Crippen LogP contribution in [0.1, 0.15) is 0 Å². The van der Waals surface area contributed by atoms with Crippen LogP contribution in [0.15, 0.2) is 71.0 Å². The van der Waals surface area contributed by atoms with E-state index in [1.807, 2.05) is 18.2 Å². The molecule has 0 atom stereocenters. The molecule has 2 aromatic rings. The molecule has 2 aromatic carbocycles. The standard InChI is InChI=1S/C15H12O5S/c16-15(17)10-11-21(18,19)14-8-6-13(7-9-14)20-12-4-2-1-3-5-12/h1-11H,(H,16,17). The highest BCUT2D eigenvalue weighted by Crippen LogP contribution is 2.23. The fraction of sp³-hybridized carbons (Fsp3) is 0. The Labute approximate surface area is 122 Å². The summed E-state index contributed by atoms with van der Waals surface area (Å²) in [6, 6.07) is 14.8. The van der Waals surface area contributed by atoms with Crippen molar-refractivity contribution in [3.63, 3.8) is 0 Å². The molecule has 0 bridgehead atoms. The summed E-state index contributed by atoms with van der Waals surface area (Å²) in [6.45, 7) is 0. The van der Waals surface area contributed by atoms with Crippen molar-refractivity contribution >= 4 is 15.8 Å². The Bertz CT molecular complexity index is 746. The first-order valence-corrected chi connectivity index (χ1v) is 7.51. The van der Waals surface area contributed by atoms with E-state index in [1.165, 1.54) is 24.3 Å². The van der Waals surface area contributed by atoms with Gasteiger partial charge in [-0.2, -0.15) is 0 Å². The molecular weight excluding hydrogens is 292 g/mol. The lowest BCUT2D eigenvalue weighted by atomic mass is 10.3. The van der Waals surface area contributed by atoms with E-state index in [1.54, 1.807) is 12.1 Å². The van der Waals surface area contributed by atoms with Crippen LogP contribution in [-0.4, -0.2) is 19.5 Å². The Balaban J connectivity index is 2.17. The van der Waals surface area contributed by atoms with Crippen LogP contribution in [0, 0.1) is 0 Å². The van der Waals surface area contributed by atoms with Gasteiger partial charge in [0.05, 0.1) is 4.90 Å². The maximum Gasteiger partial charge on any atom is 0.329 e. The van der Waals surface area contributed by atoms with Gasteiger partial charge in [-0.15, -0.1) is 0 Å². The molecular formula is C15H12O5S. The number of aliphatic carboxylic acids is 1. The van der Waals surface area contributed by atoms with E-state index in [0.29, 0.717) is 23.0 Å². The maximum absolute atomic E-state index is 11.8. The van der Waals surface area contributed by atoms with Gasteiger partial charge < -0.3 is 9.84 Å². The minimum absolute atomic E-state index is 0.000381. The van der Waals surface area contributed by atoms with Gasteiger partial charge in [-0.25, -0.2) is 13.2 Å². The predicted molar refractivity (Wildman–Crippen MR) is 76.9 cm³/mol. The Hall–Kier alpha value is -2.60. The van der Waals surface area contributed by atoms with Crippen molar-refractivity contribution in [1.29, 1.82) is 0 Å². The van der Waals surface area contributed by atoms with E-state index in [4.69, 9.17) is 9.84 Å². The summed E-state index contributed by atoms with van der Waals surface area (Å²) in [5.41, 5.74) is 0. The lowest BCUT2D eigenvalue weighted by Crippen LogP contribution is -1.98. The number of hydrogen-bond donors (Lipinski definition) is 1. The summed E-state index contributed by atoms with van der Waals surface area (Å²) in [7, 11) is -3.76. The third-order valence-electron chi connectivity index (χ3n) is 2.52. The quantitative estimate of drug-likeness (QED) is 0.859. The SMILES string of the molecule is O=C(O)C=CS(=O)(=O)c1ccc(Oc2ccccc2)cc1. The van der Waals surface area contributed by atoms with Gasteiger partial charge in [0.25, 0.3) is 0 Å². The van der Waals surface area contributed by atoms with Crippen LogP contribution in [0.25, 0.3) is 0 Å². The average Bonchev–Trinajstić information content (AvgIpc) is 2.47. The highest BCUT2D eigenvalue weighted by molar-refractivity contribution is 7.94. The predicted octanol–water partition coefficient (Wildman–Crippen LogP) is 2.85. The molecule has 1 N–H and O–H groups in total. The summed E-state index contributed by atoms with van der Waals surface area (Å²) in [4.78, 5) is 10.4. The van der Waals surface area contributed by atoms with Crippen LogP contribution < -0.4 is 4.74 Å². The van der Waals surface area contributed by atoms with Crippen molar-refractivity contribution in [2.45, 2.75) is 4.90 Å². The van der Waals surface area contributed by atoms with E-state index in [2.05, 4.69) is 0 Å². The molecule has 0 aliphatic carbocycles. The highest BCUT2D eigenvalue weighted by atomic mass is 32.2. The lowest BCUT2D eigenvalue weighted by Gasteiger charge is -2.06. The second-order valence-corrected chi connectivity index (χ2v) is 5.91. The van der Waals surface area contributed by atoms with E-state index < -0.39 is 15.8 Å². The Morgan fingerprint density at radius 1 is 0.952 bits per heavy atom. The Morgan fingerprint density at radius 2 is 1.52 bits per heavy atom. The zero-order valence-electron chi connectivity index (χ0n) is 10.8. The molecule has 0 aliphatic rings. The fourth-order valence-corrected chi connectivity index (χ4v) is 2.52. The van der Waals surface area contributed by atoms with Crippen LogP contribution in [0.2, 0.25) is 0 Å². The number of carboxylic acids is 1. The molecule has 0 aliphatic heterocycles. The number of para-hydroxylation sites is 1. The van der Waals surface area contributed by atoms with Gasteiger partial charge in [-0.05, 0) is 36.4 Å². The minimum atomic E-state index is -3.76. The smallest absolute Gasteiger partial charge is 0.329 e. The molecule has 0 heterocycles. The summed E-state index contributed by atoms with van der Waals surface area (Å²) in [5, 5.41) is 9.12. The van der Waals surface area contributed by atoms with Crippen LogP contribution >= 0.6 is 0 Å². The van der Waals surface area contributed by atoms with Crippen molar-refractivity contribution in [3.8, 4) is 11.5 Å². The number of carbonyl (C=O) groups is 1. The van der Waals surface area contributed by atoms with Gasteiger partial charge in [-0.3, -0.25) is 0 Å². The average molecular weight is 304 g/mol. The number of rotatable bonds is 5. The Kier molecular flexibility index (Phi) is 4.39. The first kappa shape index (κ1) is 14.8. The third kappa shape index (κ3) is 4.19. The first-order valence-electron chi connectivity index (χ1n) is 5.96. The zero-order valence-corrected chi connectivity index (χ0v) is 11.7. The molecule has 0 amide bonds. The van der Waals surface area contributed by atoms with Crippen molar-refractivity contribution in [2.75, 3.05) is 0 Å². The van der Waals surface area contributed by atoms with Crippen molar-refractivity contribution < 1.29 is 23.1 Å². The number of benzene rings is 2. The van der Waals surface area contributed by atoms with Gasteiger partial charge in [0.1, 0.15) is 11.5 Å². The number of carboxylic acid groups (broad SMARTS) is 1. The monoisotopic (exact) mass is 304 g/mol. The molecule has 0 saturated heterocycles. The van der Waals surface area contributed by atoms with Crippen LogP contribution in [0.5, 0.6) is 11.5 Å². The van der Waals surface area contributed by atoms with Crippen molar-refractivity contribution in [2.24, 2.45) is 0 Å². The zero-order chi connectivity index (χ0) is 15.3. The van der Waals surface area contributed by atoms with Crippen molar-refractivity contribution in [1.82, 2.24) is 0 Å². The van der Waals surface area contributed by atoms with E-state index >= 15 is 0 Å². The van der Waals surface area contributed by atoms with Gasteiger partial charge >= 0.3 is 5.97 Å². The number of hydrogen-bond acceptors (Lipinski definition) is 4. The summed E-state index contributed by atoms with van der Waals surface area (Å²) in [6.07, 6.45) is 0.587. The lowest BCUT2D eigenvalue weighted by molar-refractivity contribution is -0.131. The molecule has 0 fully saturated rings. The topological polar surface area (TPSA) is 80.7 Å². The largest absolute Gasteiger partial charge is 0.478 e. The molecule has 6 heteroatoms. The van der Waals surface area contributed by atoms with E-state index in [-0.39, 0.29) is 4.90 Å². The molecule has 2 rings (SSSR count). The van der Waals surface area contributed by atoms with Gasteiger partial charge in [0.2, 0.25) is 0 Å². The molecule has 108 valence electrons. The van der Waals surface area contributed by atoms with Gasteiger partial charge in [0, 0.05) is 11.5 Å². The Morgan fingerprint density at radius 3 is 2.10 bits per heavy atom. The summed E-state index contributed by atoms with van der Waals surface area (Å²) in [5.74, 6) is -0.191. The molecule has 0 aromatic heterocycles. The second-order valence-electron chi connectivity index (χ2n) is 4.07. The van der Waals surface area contributed by atoms with Crippen LogP contribution in [-0.2, 0) is 14.6 Å². The third-order valence-corrected chi connectivity index (χ3v) is 3.94. The maximum atomic E-state index is 11.8. The molecule has 0 radical (unpaired) electrons. The number of ether oxygens (including phenoxy) is 1. The van der Waals surface area contributed by atoms with Crippen LogP contribution in [0.3, 0.4) is 0 Å². The van der Waals surface area contributed by atoms with E-state index in [0.717, 1.165) is 0 Å². The van der Waals surface area contributed by atoms with Gasteiger partial charge in [0.15, 0.2) is 9.84 Å². The summed E-state index contributed by atoms with van der Waals surface area (Å²) < 4.78 is 29.2. The van der Waals surface area contributed by atoms with Gasteiger partial charge in [-0.1, -0.05) is 18.2 Å². The van der Waals surface area contributed by atoms with E-state index in [9.17, 15) is 13.2 Å². The van der Waals surface area contributed by atoms with Crippen LogP contribution in [0.4, 0.5) is 0 Å². The normalized spacial score (nSPS) is 11.4. The molecule has 21 heavy (non-hydrogen) atoms. The van der Waals surface area contributed by atoms with Crippen molar-refractivity contribution in [3.05, 3.63) is 66.1 Å². The second kappa shape index (κ2) is 6.23. The summed E-state index contributed by atoms with van der Waals surface area (Å²) >= 11 is 0. The highest BCUT2D eigenvalue weighted by Gasteiger charge is 2.11. The molecule has 0 spiro atoms.